The van der Waals surface area contributed by atoms with E-state index >= 15 is 0 Å². The molecule has 2 aromatic carbocycles. The predicted octanol–water partition coefficient (Wildman–Crippen LogP) is 4.28. The first-order chi connectivity index (χ1) is 16.1. The Kier molecular flexibility index (Phi) is 8.57. The lowest BCUT2D eigenvalue weighted by Crippen LogP contribution is -2.51. The second kappa shape index (κ2) is 11.2. The Labute approximate surface area is 202 Å². The maximum absolute atomic E-state index is 13.0. The van der Waals surface area contributed by atoms with Gasteiger partial charge in [-0.1, -0.05) is 29.8 Å². The summed E-state index contributed by atoms with van der Waals surface area (Å²) >= 11 is 5.62. The van der Waals surface area contributed by atoms with E-state index in [0.717, 1.165) is 23.4 Å². The molecule has 0 bridgehead atoms. The molecule has 1 aliphatic heterocycles. The van der Waals surface area contributed by atoms with Crippen molar-refractivity contribution < 1.29 is 22.8 Å². The summed E-state index contributed by atoms with van der Waals surface area (Å²) in [5.74, 6) is -0.386. The van der Waals surface area contributed by atoms with E-state index in [-0.39, 0.29) is 24.7 Å². The summed E-state index contributed by atoms with van der Waals surface area (Å²) in [6.45, 7) is 7.21. The standard InChI is InChI=1S/C24H28ClF3N4O2/c1-3-32(21-7-5-4-6-17(21)2)23(34)16-31-12-10-30(11-13-31)15-22(33)29-18-8-9-20(25)19(14-18)24(26,27)28/h4-9,14H,3,10-13,15-16H2,1-2H3,(H,29,33). The van der Waals surface area contributed by atoms with Gasteiger partial charge in [-0.05, 0) is 43.7 Å². The van der Waals surface area contributed by atoms with Crippen molar-refractivity contribution >= 4 is 34.8 Å². The highest BCUT2D eigenvalue weighted by Crippen LogP contribution is 2.36. The van der Waals surface area contributed by atoms with Crippen molar-refractivity contribution in [3.05, 3.63) is 58.6 Å². The van der Waals surface area contributed by atoms with Crippen molar-refractivity contribution in [3.8, 4) is 0 Å². The molecule has 1 N–H and O–H groups in total. The largest absolute Gasteiger partial charge is 0.417 e. The van der Waals surface area contributed by atoms with Crippen LogP contribution in [0.1, 0.15) is 18.1 Å². The maximum Gasteiger partial charge on any atom is 0.417 e. The first kappa shape index (κ1) is 26.0. The summed E-state index contributed by atoms with van der Waals surface area (Å²) in [6.07, 6.45) is -4.60. The summed E-state index contributed by atoms with van der Waals surface area (Å²) in [5.41, 5.74) is 0.997. The van der Waals surface area contributed by atoms with Crippen molar-refractivity contribution in [1.29, 1.82) is 0 Å². The number of halogens is 4. The molecule has 0 saturated carbocycles. The van der Waals surface area contributed by atoms with Gasteiger partial charge in [0.15, 0.2) is 0 Å². The maximum atomic E-state index is 13.0. The minimum absolute atomic E-state index is 0.0196. The molecule has 0 aliphatic carbocycles. The van der Waals surface area contributed by atoms with Crippen LogP contribution in [0.5, 0.6) is 0 Å². The Balaban J connectivity index is 1.49. The Bertz CT molecular complexity index is 1020. The lowest BCUT2D eigenvalue weighted by Gasteiger charge is -2.35. The molecule has 0 unspecified atom stereocenters. The lowest BCUT2D eigenvalue weighted by atomic mass is 10.1. The molecule has 34 heavy (non-hydrogen) atoms. The molecular formula is C24H28ClF3N4O2. The van der Waals surface area contributed by atoms with Gasteiger partial charge in [0.25, 0.3) is 0 Å². The fourth-order valence-corrected chi connectivity index (χ4v) is 4.18. The molecule has 1 heterocycles. The number of piperazine rings is 1. The van der Waals surface area contributed by atoms with Gasteiger partial charge in [0, 0.05) is 44.1 Å². The van der Waals surface area contributed by atoms with Crippen LogP contribution < -0.4 is 10.2 Å². The third-order valence-corrected chi connectivity index (χ3v) is 6.10. The van der Waals surface area contributed by atoms with Crippen LogP contribution >= 0.6 is 11.6 Å². The molecular weight excluding hydrogens is 469 g/mol. The van der Waals surface area contributed by atoms with E-state index in [9.17, 15) is 22.8 Å². The molecule has 0 atom stereocenters. The van der Waals surface area contributed by atoms with Crippen LogP contribution in [-0.4, -0.2) is 67.4 Å². The van der Waals surface area contributed by atoms with Crippen LogP contribution in [0.4, 0.5) is 24.5 Å². The van der Waals surface area contributed by atoms with Gasteiger partial charge in [-0.25, -0.2) is 0 Å². The minimum atomic E-state index is -4.60. The zero-order chi connectivity index (χ0) is 24.9. The summed E-state index contributed by atoms with van der Waals surface area (Å²) in [6, 6.07) is 11.1. The first-order valence-corrected chi connectivity index (χ1v) is 11.4. The second-order valence-electron chi connectivity index (χ2n) is 8.22. The monoisotopic (exact) mass is 496 g/mol. The van der Waals surface area contributed by atoms with Crippen LogP contribution in [0, 0.1) is 6.92 Å². The van der Waals surface area contributed by atoms with Crippen molar-refractivity contribution in [2.75, 3.05) is 56.0 Å². The number of carbonyl (C=O) groups is 2. The van der Waals surface area contributed by atoms with E-state index in [1.807, 2.05) is 47.9 Å². The molecule has 2 amide bonds. The molecule has 6 nitrogen and oxygen atoms in total. The Hall–Kier alpha value is -2.62. The third-order valence-electron chi connectivity index (χ3n) is 5.77. The van der Waals surface area contributed by atoms with Crippen molar-refractivity contribution in [2.24, 2.45) is 0 Å². The van der Waals surface area contributed by atoms with E-state index in [2.05, 4.69) is 5.32 Å². The topological polar surface area (TPSA) is 55.9 Å². The van der Waals surface area contributed by atoms with E-state index in [1.165, 1.54) is 6.07 Å². The molecule has 0 radical (unpaired) electrons. The lowest BCUT2D eigenvalue weighted by molar-refractivity contribution is -0.137. The third kappa shape index (κ3) is 6.71. The number of alkyl halides is 3. The molecule has 0 aromatic heterocycles. The van der Waals surface area contributed by atoms with Crippen molar-refractivity contribution in [3.63, 3.8) is 0 Å². The van der Waals surface area contributed by atoms with Crippen LogP contribution in [0.2, 0.25) is 5.02 Å². The van der Waals surface area contributed by atoms with Crippen LogP contribution in [0.25, 0.3) is 0 Å². The molecule has 10 heteroatoms. The number of carbonyl (C=O) groups excluding carboxylic acids is 2. The van der Waals surface area contributed by atoms with Gasteiger partial charge in [-0.15, -0.1) is 0 Å². The zero-order valence-electron chi connectivity index (χ0n) is 19.2. The number of benzene rings is 2. The summed E-state index contributed by atoms with van der Waals surface area (Å²) in [7, 11) is 0. The quantitative estimate of drug-likeness (QED) is 0.622. The Morgan fingerprint density at radius 1 is 1.03 bits per heavy atom. The van der Waals surface area contributed by atoms with Crippen LogP contribution in [-0.2, 0) is 15.8 Å². The number of aryl methyl sites for hydroxylation is 1. The van der Waals surface area contributed by atoms with Gasteiger partial charge in [0.2, 0.25) is 11.8 Å². The highest BCUT2D eigenvalue weighted by atomic mass is 35.5. The number of para-hydroxylation sites is 1. The number of nitrogens with one attached hydrogen (secondary N) is 1. The van der Waals surface area contributed by atoms with E-state index < -0.39 is 22.7 Å². The van der Waals surface area contributed by atoms with E-state index in [4.69, 9.17) is 11.6 Å². The number of amides is 2. The van der Waals surface area contributed by atoms with Gasteiger partial charge >= 0.3 is 6.18 Å². The van der Waals surface area contributed by atoms with Gasteiger partial charge < -0.3 is 10.2 Å². The number of hydrogen-bond donors (Lipinski definition) is 1. The zero-order valence-corrected chi connectivity index (χ0v) is 19.9. The fourth-order valence-electron chi connectivity index (χ4n) is 3.95. The summed E-state index contributed by atoms with van der Waals surface area (Å²) < 4.78 is 39.1. The molecule has 0 spiro atoms. The number of likely N-dealkylation sites (N-methyl/N-ethyl adjacent to an activating group) is 1. The minimum Gasteiger partial charge on any atom is -0.325 e. The van der Waals surface area contributed by atoms with Gasteiger partial charge in [-0.3, -0.25) is 19.4 Å². The number of rotatable bonds is 7. The normalized spacial score (nSPS) is 15.2. The van der Waals surface area contributed by atoms with E-state index in [0.29, 0.717) is 32.7 Å². The van der Waals surface area contributed by atoms with Crippen molar-refractivity contribution in [2.45, 2.75) is 20.0 Å². The fraction of sp³-hybridized carbons (Fsp3) is 0.417. The first-order valence-electron chi connectivity index (χ1n) is 11.1. The number of hydrogen-bond acceptors (Lipinski definition) is 4. The SMILES string of the molecule is CCN(C(=O)CN1CCN(CC(=O)Nc2ccc(Cl)c(C(F)(F)F)c2)CC1)c1ccccc1C. The predicted molar refractivity (Wildman–Crippen MR) is 127 cm³/mol. The molecule has 2 aromatic rings. The summed E-state index contributed by atoms with van der Waals surface area (Å²) in [4.78, 5) is 31.0. The van der Waals surface area contributed by atoms with Crippen molar-refractivity contribution in [1.82, 2.24) is 9.80 Å². The molecule has 1 saturated heterocycles. The summed E-state index contributed by atoms with van der Waals surface area (Å²) in [5, 5.41) is 2.09. The highest BCUT2D eigenvalue weighted by molar-refractivity contribution is 6.31. The van der Waals surface area contributed by atoms with E-state index in [1.54, 1.807) is 4.90 Å². The average Bonchev–Trinajstić information content (AvgIpc) is 2.77. The number of nitrogens with zero attached hydrogens (tertiary/aromatic N) is 3. The molecule has 1 fully saturated rings. The highest BCUT2D eigenvalue weighted by Gasteiger charge is 2.33. The van der Waals surface area contributed by atoms with Gasteiger partial charge in [0.05, 0.1) is 23.7 Å². The van der Waals surface area contributed by atoms with Crippen LogP contribution in [0.3, 0.4) is 0 Å². The second-order valence-corrected chi connectivity index (χ2v) is 8.62. The van der Waals surface area contributed by atoms with Gasteiger partial charge in [-0.2, -0.15) is 13.2 Å². The molecule has 3 rings (SSSR count). The Morgan fingerprint density at radius 3 is 2.24 bits per heavy atom. The smallest absolute Gasteiger partial charge is 0.325 e. The average molecular weight is 497 g/mol. The molecule has 1 aliphatic rings. The Morgan fingerprint density at radius 2 is 1.65 bits per heavy atom. The molecule has 184 valence electrons. The van der Waals surface area contributed by atoms with Crippen LogP contribution in [0.15, 0.2) is 42.5 Å². The van der Waals surface area contributed by atoms with Gasteiger partial charge in [0.1, 0.15) is 0 Å². The number of anilines is 2.